The largest absolute Gasteiger partial charge is 0.485 e. The number of benzene rings is 2. The van der Waals surface area contributed by atoms with Gasteiger partial charge in [-0.1, -0.05) is 53.2 Å². The van der Waals surface area contributed by atoms with E-state index in [1.165, 1.54) is 11.8 Å². The van der Waals surface area contributed by atoms with Gasteiger partial charge in [0.1, 0.15) is 12.4 Å². The van der Waals surface area contributed by atoms with Gasteiger partial charge in [0.25, 0.3) is 0 Å². The Bertz CT molecular complexity index is 1100. The first-order valence-electron chi connectivity index (χ1n) is 9.48. The number of ether oxygens (including phenoxy) is 1. The van der Waals surface area contributed by atoms with Gasteiger partial charge in [-0.05, 0) is 49.2 Å². The Balaban J connectivity index is 1.64. The van der Waals surface area contributed by atoms with Crippen LogP contribution in [0.2, 0.25) is 10.0 Å². The molecule has 0 aliphatic rings. The average Bonchev–Trinajstić information content (AvgIpc) is 3.11. The quantitative estimate of drug-likeness (QED) is 0.316. The summed E-state index contributed by atoms with van der Waals surface area (Å²) in [6.07, 6.45) is 1.75. The first-order valence-corrected chi connectivity index (χ1v) is 11.2. The summed E-state index contributed by atoms with van der Waals surface area (Å²) >= 11 is 13.3. The number of aromatic nitrogens is 3. The fraction of sp³-hybridized carbons (Fsp3) is 0.227. The van der Waals surface area contributed by atoms with E-state index in [1.54, 1.807) is 24.3 Å². The Kier molecular flexibility index (Phi) is 8.01. The highest BCUT2D eigenvalue weighted by Gasteiger charge is 2.15. The standard InChI is InChI=1S/C22H22Cl2N4O2S/c1-4-9-28-20(12-30-19-10-14(2)5-6-15(19)3)26-27-22(28)31-13-21(29)25-18-8-7-16(23)11-17(18)24/h4-8,10-11H,1,9,12-13H2,2-3H3,(H,25,29). The Morgan fingerprint density at radius 1 is 1.23 bits per heavy atom. The Hall–Kier alpha value is -2.48. The second-order valence-electron chi connectivity index (χ2n) is 6.82. The first kappa shape index (κ1) is 23.2. The van der Waals surface area contributed by atoms with Crippen LogP contribution < -0.4 is 10.1 Å². The van der Waals surface area contributed by atoms with Crippen molar-refractivity contribution in [2.45, 2.75) is 32.2 Å². The fourth-order valence-corrected chi connectivity index (χ4v) is 3.98. The van der Waals surface area contributed by atoms with E-state index in [-0.39, 0.29) is 18.3 Å². The normalized spacial score (nSPS) is 10.7. The molecular weight excluding hydrogens is 455 g/mol. The topological polar surface area (TPSA) is 69.0 Å². The van der Waals surface area contributed by atoms with Crippen molar-refractivity contribution >= 4 is 46.6 Å². The number of rotatable bonds is 9. The molecule has 0 fully saturated rings. The molecule has 1 N–H and O–H groups in total. The summed E-state index contributed by atoms with van der Waals surface area (Å²) in [6.45, 7) is 8.58. The molecule has 9 heteroatoms. The van der Waals surface area contributed by atoms with Crippen molar-refractivity contribution in [2.75, 3.05) is 11.1 Å². The molecular formula is C22H22Cl2N4O2S. The van der Waals surface area contributed by atoms with Crippen LogP contribution in [0.1, 0.15) is 17.0 Å². The number of aryl methyl sites for hydroxylation is 2. The van der Waals surface area contributed by atoms with Gasteiger partial charge in [-0.25, -0.2) is 0 Å². The summed E-state index contributed by atoms with van der Waals surface area (Å²) < 4.78 is 7.84. The molecule has 3 rings (SSSR count). The van der Waals surface area contributed by atoms with Crippen molar-refractivity contribution in [2.24, 2.45) is 0 Å². The van der Waals surface area contributed by atoms with Crippen molar-refractivity contribution in [1.82, 2.24) is 14.8 Å². The maximum absolute atomic E-state index is 12.4. The Labute approximate surface area is 195 Å². The molecule has 0 bridgehead atoms. The second kappa shape index (κ2) is 10.7. The lowest BCUT2D eigenvalue weighted by Crippen LogP contribution is -2.15. The highest BCUT2D eigenvalue weighted by molar-refractivity contribution is 7.99. The first-order chi connectivity index (χ1) is 14.9. The lowest BCUT2D eigenvalue weighted by molar-refractivity contribution is -0.113. The smallest absolute Gasteiger partial charge is 0.234 e. The van der Waals surface area contributed by atoms with Crippen molar-refractivity contribution in [3.8, 4) is 5.75 Å². The molecule has 0 unspecified atom stereocenters. The fourth-order valence-electron chi connectivity index (χ4n) is 2.76. The number of hydrogen-bond acceptors (Lipinski definition) is 5. The molecule has 0 atom stereocenters. The molecule has 0 saturated carbocycles. The maximum atomic E-state index is 12.4. The van der Waals surface area contributed by atoms with Crippen LogP contribution in [0.3, 0.4) is 0 Å². The van der Waals surface area contributed by atoms with Crippen LogP contribution in [0.5, 0.6) is 5.75 Å². The van der Waals surface area contributed by atoms with Crippen molar-refractivity contribution in [3.05, 3.63) is 76.0 Å². The van der Waals surface area contributed by atoms with Crippen LogP contribution in [-0.4, -0.2) is 26.4 Å². The monoisotopic (exact) mass is 476 g/mol. The molecule has 162 valence electrons. The lowest BCUT2D eigenvalue weighted by Gasteiger charge is -2.11. The predicted octanol–water partition coefficient (Wildman–Crippen LogP) is 5.70. The molecule has 31 heavy (non-hydrogen) atoms. The van der Waals surface area contributed by atoms with Crippen molar-refractivity contribution < 1.29 is 9.53 Å². The average molecular weight is 477 g/mol. The van der Waals surface area contributed by atoms with Gasteiger partial charge in [0, 0.05) is 11.6 Å². The van der Waals surface area contributed by atoms with E-state index in [0.29, 0.717) is 33.3 Å². The van der Waals surface area contributed by atoms with Crippen LogP contribution in [0.25, 0.3) is 0 Å². The highest BCUT2D eigenvalue weighted by Crippen LogP contribution is 2.26. The van der Waals surface area contributed by atoms with Crippen LogP contribution in [0.15, 0.2) is 54.2 Å². The molecule has 1 amide bonds. The second-order valence-corrected chi connectivity index (χ2v) is 8.60. The van der Waals surface area contributed by atoms with E-state index < -0.39 is 0 Å². The Morgan fingerprint density at radius 3 is 2.77 bits per heavy atom. The van der Waals surface area contributed by atoms with Crippen LogP contribution in [-0.2, 0) is 17.9 Å². The molecule has 2 aromatic carbocycles. The minimum Gasteiger partial charge on any atom is -0.485 e. The van der Waals surface area contributed by atoms with Gasteiger partial charge >= 0.3 is 0 Å². The zero-order chi connectivity index (χ0) is 22.4. The number of nitrogens with zero attached hydrogens (tertiary/aromatic N) is 3. The number of halogens is 2. The number of carbonyl (C=O) groups excluding carboxylic acids is 1. The molecule has 0 saturated heterocycles. The third-order valence-corrected chi connectivity index (χ3v) is 5.86. The van der Waals surface area contributed by atoms with Crippen LogP contribution in [0.4, 0.5) is 5.69 Å². The summed E-state index contributed by atoms with van der Waals surface area (Å²) in [6, 6.07) is 11.0. The number of nitrogens with one attached hydrogen (secondary N) is 1. The maximum Gasteiger partial charge on any atom is 0.234 e. The minimum absolute atomic E-state index is 0.145. The summed E-state index contributed by atoms with van der Waals surface area (Å²) in [4.78, 5) is 12.4. The Morgan fingerprint density at radius 2 is 2.03 bits per heavy atom. The van der Waals surface area contributed by atoms with Gasteiger partial charge in [0.15, 0.2) is 11.0 Å². The van der Waals surface area contributed by atoms with Crippen molar-refractivity contribution in [1.29, 1.82) is 0 Å². The number of allylic oxidation sites excluding steroid dienone is 1. The summed E-state index contributed by atoms with van der Waals surface area (Å²) in [5, 5.41) is 12.7. The molecule has 1 aromatic heterocycles. The molecule has 0 aliphatic carbocycles. The molecule has 3 aromatic rings. The molecule has 0 radical (unpaired) electrons. The highest BCUT2D eigenvalue weighted by atomic mass is 35.5. The van der Waals surface area contributed by atoms with Crippen LogP contribution >= 0.6 is 35.0 Å². The minimum atomic E-state index is -0.212. The van der Waals surface area contributed by atoms with E-state index in [0.717, 1.165) is 16.9 Å². The summed E-state index contributed by atoms with van der Waals surface area (Å²) in [7, 11) is 0. The van der Waals surface area contributed by atoms with Gasteiger partial charge in [-0.15, -0.1) is 16.8 Å². The van der Waals surface area contributed by atoms with Gasteiger partial charge in [0.2, 0.25) is 5.91 Å². The third kappa shape index (κ3) is 6.26. The lowest BCUT2D eigenvalue weighted by atomic mass is 10.1. The van der Waals surface area contributed by atoms with Crippen LogP contribution in [0, 0.1) is 13.8 Å². The van der Waals surface area contributed by atoms with E-state index in [1.807, 2.05) is 36.6 Å². The summed E-state index contributed by atoms with van der Waals surface area (Å²) in [5.41, 5.74) is 2.68. The predicted molar refractivity (Wildman–Crippen MR) is 126 cm³/mol. The summed E-state index contributed by atoms with van der Waals surface area (Å²) in [5.74, 6) is 1.40. The number of thioether (sulfide) groups is 1. The van der Waals surface area contributed by atoms with E-state index in [2.05, 4.69) is 22.1 Å². The van der Waals surface area contributed by atoms with Crippen molar-refractivity contribution in [3.63, 3.8) is 0 Å². The van der Waals surface area contributed by atoms with E-state index in [9.17, 15) is 4.79 Å². The van der Waals surface area contributed by atoms with Gasteiger partial charge in [-0.3, -0.25) is 9.36 Å². The molecule has 0 aliphatic heterocycles. The number of anilines is 1. The third-order valence-electron chi connectivity index (χ3n) is 4.34. The SMILES string of the molecule is C=CCn1c(COc2cc(C)ccc2C)nnc1SCC(=O)Nc1ccc(Cl)cc1Cl. The zero-order valence-electron chi connectivity index (χ0n) is 17.2. The van der Waals surface area contributed by atoms with Gasteiger partial charge in [-0.2, -0.15) is 0 Å². The zero-order valence-corrected chi connectivity index (χ0v) is 19.5. The van der Waals surface area contributed by atoms with E-state index >= 15 is 0 Å². The number of amides is 1. The number of hydrogen-bond donors (Lipinski definition) is 1. The van der Waals surface area contributed by atoms with E-state index in [4.69, 9.17) is 27.9 Å². The number of carbonyl (C=O) groups is 1. The molecule has 6 nitrogen and oxygen atoms in total. The molecule has 0 spiro atoms. The molecule has 1 heterocycles. The van der Waals surface area contributed by atoms with Gasteiger partial charge < -0.3 is 10.1 Å². The van der Waals surface area contributed by atoms with Gasteiger partial charge in [0.05, 0.1) is 16.5 Å².